The van der Waals surface area contributed by atoms with Crippen molar-refractivity contribution in [3.05, 3.63) is 100 Å². The smallest absolute Gasteiger partial charge is 0.340 e. The molecule has 0 saturated heterocycles. The molecule has 1 fully saturated rings. The number of carbonyl (C=O) groups is 3. The van der Waals surface area contributed by atoms with Gasteiger partial charge in [0, 0.05) is 16.3 Å². The number of hydrogen-bond donors (Lipinski definition) is 3. The van der Waals surface area contributed by atoms with Gasteiger partial charge in [-0.2, -0.15) is 0 Å². The van der Waals surface area contributed by atoms with Gasteiger partial charge in [-0.15, -0.1) is 0 Å². The molecule has 7 nitrogen and oxygen atoms in total. The van der Waals surface area contributed by atoms with Crippen LogP contribution >= 0.6 is 11.6 Å². The second-order valence-corrected chi connectivity index (χ2v) is 10.9. The van der Waals surface area contributed by atoms with Crippen molar-refractivity contribution in [2.24, 2.45) is 0 Å². The number of anilines is 1. The molecule has 0 heterocycles. The van der Waals surface area contributed by atoms with E-state index >= 15 is 0 Å². The Bertz CT molecular complexity index is 1330. The molecule has 0 spiro atoms. The highest BCUT2D eigenvalue weighted by atomic mass is 35.5. The first-order valence-electron chi connectivity index (χ1n) is 13.9. The predicted octanol–water partition coefficient (Wildman–Crippen LogP) is 7.02. The van der Waals surface area contributed by atoms with E-state index in [2.05, 4.69) is 22.8 Å². The van der Waals surface area contributed by atoms with Gasteiger partial charge >= 0.3 is 12.0 Å². The van der Waals surface area contributed by atoms with Crippen molar-refractivity contribution >= 4 is 35.2 Å². The first-order chi connectivity index (χ1) is 19.7. The van der Waals surface area contributed by atoms with E-state index in [1.54, 1.807) is 41.3 Å². The van der Waals surface area contributed by atoms with Crippen molar-refractivity contribution in [1.29, 1.82) is 0 Å². The van der Waals surface area contributed by atoms with E-state index in [4.69, 9.17) is 16.7 Å². The van der Waals surface area contributed by atoms with Crippen LogP contribution in [0.5, 0.6) is 0 Å². The molecule has 9 heteroatoms. The lowest BCUT2D eigenvalue weighted by Gasteiger charge is -2.27. The first kappa shape index (κ1) is 30.1. The van der Waals surface area contributed by atoms with Gasteiger partial charge in [0.05, 0.1) is 19.1 Å². The summed E-state index contributed by atoms with van der Waals surface area (Å²) >= 11 is 6.03. The van der Waals surface area contributed by atoms with Gasteiger partial charge in [0.1, 0.15) is 0 Å². The summed E-state index contributed by atoms with van der Waals surface area (Å²) in [5.74, 6) is -1.66. The molecule has 1 aliphatic carbocycles. The minimum Gasteiger partial charge on any atom is -0.479 e. The molecule has 1 aliphatic rings. The Hall–Kier alpha value is -3.91. The zero-order valence-electron chi connectivity index (χ0n) is 23.0. The number of hydrogen-bond acceptors (Lipinski definition) is 3. The van der Waals surface area contributed by atoms with Crippen LogP contribution in [0.25, 0.3) is 0 Å². The summed E-state index contributed by atoms with van der Waals surface area (Å²) in [6.07, 6.45) is 3.96. The summed E-state index contributed by atoms with van der Waals surface area (Å²) in [5.41, 5.74) is 3.99. The van der Waals surface area contributed by atoms with E-state index < -0.39 is 24.6 Å². The summed E-state index contributed by atoms with van der Waals surface area (Å²) in [5, 5.41) is 14.6. The second-order valence-electron chi connectivity index (χ2n) is 10.4. The Morgan fingerprint density at radius 3 is 2.20 bits per heavy atom. The standard InChI is InChI=1S/C32H35ClFN3O4/c1-21(23-11-15-27(33)16-12-23)36-32(41)37(28-17-13-25(14-18-28)24-5-3-2-4-6-24)20-22-7-9-26(10-8-22)30(38)35-19-29(34)31(39)40/h7-18,21,24,29H,2-6,19-20H2,1H3,(H,35,38)(H,36,41)(H,39,40)/t21-,29?/m0/s1. The van der Waals surface area contributed by atoms with E-state index in [1.165, 1.54) is 37.7 Å². The third-order valence-corrected chi connectivity index (χ3v) is 7.76. The zero-order valence-corrected chi connectivity index (χ0v) is 23.7. The van der Waals surface area contributed by atoms with Crippen molar-refractivity contribution in [2.75, 3.05) is 11.4 Å². The maximum Gasteiger partial charge on any atom is 0.340 e. The lowest BCUT2D eigenvalue weighted by molar-refractivity contribution is -0.142. The monoisotopic (exact) mass is 579 g/mol. The van der Waals surface area contributed by atoms with Crippen LogP contribution in [0.15, 0.2) is 72.8 Å². The molecule has 2 atom stereocenters. The quantitative estimate of drug-likeness (QED) is 0.240. The summed E-state index contributed by atoms with van der Waals surface area (Å²) < 4.78 is 13.3. The Morgan fingerprint density at radius 1 is 0.951 bits per heavy atom. The second kappa shape index (κ2) is 14.1. The largest absolute Gasteiger partial charge is 0.479 e. The van der Waals surface area contributed by atoms with E-state index in [9.17, 15) is 18.8 Å². The van der Waals surface area contributed by atoms with Gasteiger partial charge in [0.2, 0.25) is 6.17 Å². The van der Waals surface area contributed by atoms with Crippen LogP contribution < -0.4 is 15.5 Å². The number of amides is 3. The molecule has 3 amide bonds. The number of aliphatic carboxylic acids is 1. The highest BCUT2D eigenvalue weighted by Crippen LogP contribution is 2.33. The molecule has 0 radical (unpaired) electrons. The minimum absolute atomic E-state index is 0.245. The zero-order chi connectivity index (χ0) is 29.4. The van der Waals surface area contributed by atoms with Crippen molar-refractivity contribution in [3.63, 3.8) is 0 Å². The van der Waals surface area contributed by atoms with Gasteiger partial charge in [-0.25, -0.2) is 14.0 Å². The fourth-order valence-electron chi connectivity index (χ4n) is 5.06. The fourth-order valence-corrected chi connectivity index (χ4v) is 5.18. The van der Waals surface area contributed by atoms with E-state index in [-0.39, 0.29) is 24.2 Å². The van der Waals surface area contributed by atoms with Crippen LogP contribution in [0.1, 0.15) is 78.0 Å². The summed E-state index contributed by atoms with van der Waals surface area (Å²) in [6, 6.07) is 21.5. The lowest BCUT2D eigenvalue weighted by atomic mass is 9.84. The molecule has 0 bridgehead atoms. The Labute approximate surface area is 244 Å². The number of halogens is 2. The van der Waals surface area contributed by atoms with Crippen LogP contribution in [-0.4, -0.2) is 35.7 Å². The van der Waals surface area contributed by atoms with Crippen molar-refractivity contribution in [2.45, 2.75) is 63.7 Å². The van der Waals surface area contributed by atoms with Crippen molar-refractivity contribution in [3.8, 4) is 0 Å². The molecular formula is C32H35ClFN3O4. The molecule has 3 N–H and O–H groups in total. The number of carbonyl (C=O) groups excluding carboxylic acids is 2. The highest BCUT2D eigenvalue weighted by Gasteiger charge is 2.21. The highest BCUT2D eigenvalue weighted by molar-refractivity contribution is 6.30. The third-order valence-electron chi connectivity index (χ3n) is 7.50. The topological polar surface area (TPSA) is 98.7 Å². The average molecular weight is 580 g/mol. The van der Waals surface area contributed by atoms with Crippen LogP contribution in [0, 0.1) is 0 Å². The maximum absolute atomic E-state index is 13.6. The summed E-state index contributed by atoms with van der Waals surface area (Å²) in [7, 11) is 0. The molecule has 1 saturated carbocycles. The van der Waals surface area contributed by atoms with Crippen LogP contribution in [-0.2, 0) is 11.3 Å². The van der Waals surface area contributed by atoms with Gasteiger partial charge in [-0.1, -0.05) is 67.3 Å². The summed E-state index contributed by atoms with van der Waals surface area (Å²) in [4.78, 5) is 38.2. The normalized spacial score (nSPS) is 15.0. The van der Waals surface area contributed by atoms with Crippen LogP contribution in [0.2, 0.25) is 5.02 Å². The van der Waals surface area contributed by atoms with Gasteiger partial charge in [0.15, 0.2) is 0 Å². The molecule has 4 rings (SSSR count). The van der Waals surface area contributed by atoms with Crippen molar-refractivity contribution < 1.29 is 23.9 Å². The number of carboxylic acids is 1. The Kier molecular flexibility index (Phi) is 10.4. The van der Waals surface area contributed by atoms with Gasteiger partial charge < -0.3 is 15.7 Å². The van der Waals surface area contributed by atoms with Gasteiger partial charge in [0.25, 0.3) is 5.91 Å². The number of benzene rings is 3. The Morgan fingerprint density at radius 2 is 1.59 bits per heavy atom. The van der Waals surface area contributed by atoms with Gasteiger partial charge in [-0.05, 0) is 78.8 Å². The molecular weight excluding hydrogens is 545 g/mol. The number of nitrogens with one attached hydrogen (secondary N) is 2. The fraction of sp³-hybridized carbons (Fsp3) is 0.344. The molecule has 3 aromatic carbocycles. The molecule has 41 heavy (non-hydrogen) atoms. The SMILES string of the molecule is C[C@H](NC(=O)N(Cc1ccc(C(=O)NCC(F)C(=O)O)cc1)c1ccc(C2CCCCC2)cc1)c1ccc(Cl)cc1. The van der Waals surface area contributed by atoms with Gasteiger partial charge in [-0.3, -0.25) is 9.69 Å². The van der Waals surface area contributed by atoms with E-state index in [1.807, 2.05) is 31.2 Å². The molecule has 3 aromatic rings. The van der Waals surface area contributed by atoms with E-state index in [0.29, 0.717) is 10.9 Å². The number of carboxylic acid groups (broad SMARTS) is 1. The maximum atomic E-state index is 13.6. The molecule has 0 aromatic heterocycles. The molecule has 216 valence electrons. The first-order valence-corrected chi connectivity index (χ1v) is 14.3. The Balaban J connectivity index is 1.50. The number of rotatable bonds is 10. The predicted molar refractivity (Wildman–Crippen MR) is 158 cm³/mol. The number of urea groups is 1. The van der Waals surface area contributed by atoms with Crippen molar-refractivity contribution in [1.82, 2.24) is 10.6 Å². The average Bonchev–Trinajstić information content (AvgIpc) is 2.99. The van der Waals surface area contributed by atoms with Crippen LogP contribution in [0.3, 0.4) is 0 Å². The summed E-state index contributed by atoms with van der Waals surface area (Å²) in [6.45, 7) is 1.53. The van der Waals surface area contributed by atoms with E-state index in [0.717, 1.165) is 16.8 Å². The number of alkyl halides is 1. The molecule has 1 unspecified atom stereocenters. The molecule has 0 aliphatic heterocycles. The van der Waals surface area contributed by atoms with Crippen LogP contribution in [0.4, 0.5) is 14.9 Å². The lowest BCUT2D eigenvalue weighted by Crippen LogP contribution is -2.40. The minimum atomic E-state index is -2.18. The number of nitrogens with zero attached hydrogens (tertiary/aromatic N) is 1. The third kappa shape index (κ3) is 8.30.